The van der Waals surface area contributed by atoms with E-state index in [2.05, 4.69) is 0 Å². The maximum atomic E-state index is 13.5. The molecule has 0 radical (unpaired) electrons. The predicted molar refractivity (Wildman–Crippen MR) is 91.9 cm³/mol. The average molecular weight is 319 g/mol. The zero-order valence-corrected chi connectivity index (χ0v) is 12.7. The molecule has 4 aromatic rings. The Morgan fingerprint density at radius 3 is 2.58 bits per heavy atom. The van der Waals surface area contributed by atoms with Crippen LogP contribution in [0.5, 0.6) is 0 Å². The maximum absolute atomic E-state index is 13.5. The molecule has 0 fully saturated rings. The van der Waals surface area contributed by atoms with Crippen LogP contribution in [-0.4, -0.2) is 15.6 Å². The third kappa shape index (κ3) is 2.33. The Morgan fingerprint density at radius 2 is 1.75 bits per heavy atom. The molecule has 3 aromatic carbocycles. The molecule has 0 aliphatic carbocycles. The van der Waals surface area contributed by atoms with E-state index >= 15 is 0 Å². The lowest BCUT2D eigenvalue weighted by atomic mass is 10.0. The highest BCUT2D eigenvalue weighted by Crippen LogP contribution is 2.25. The molecule has 0 unspecified atom stereocenters. The summed E-state index contributed by atoms with van der Waals surface area (Å²) in [6.45, 7) is 0.415. The molecule has 0 aliphatic heterocycles. The van der Waals surface area contributed by atoms with Crippen molar-refractivity contribution in [2.24, 2.45) is 0 Å². The summed E-state index contributed by atoms with van der Waals surface area (Å²) in [7, 11) is 0. The van der Waals surface area contributed by atoms with Gasteiger partial charge in [0.25, 0.3) is 0 Å². The van der Waals surface area contributed by atoms with Gasteiger partial charge in [-0.2, -0.15) is 0 Å². The van der Waals surface area contributed by atoms with Gasteiger partial charge in [-0.3, -0.25) is 0 Å². The molecule has 0 amide bonds. The van der Waals surface area contributed by atoms with Crippen molar-refractivity contribution in [1.29, 1.82) is 0 Å². The molecule has 1 N–H and O–H groups in total. The van der Waals surface area contributed by atoms with E-state index in [0.717, 1.165) is 16.3 Å². The second kappa shape index (κ2) is 5.49. The van der Waals surface area contributed by atoms with E-state index in [4.69, 9.17) is 0 Å². The van der Waals surface area contributed by atoms with Crippen LogP contribution >= 0.6 is 0 Å². The fourth-order valence-corrected chi connectivity index (χ4v) is 3.19. The highest BCUT2D eigenvalue weighted by molar-refractivity contribution is 5.95. The molecule has 4 heteroatoms. The molecule has 118 valence electrons. The van der Waals surface area contributed by atoms with Crippen LogP contribution in [0.1, 0.15) is 16.1 Å². The van der Waals surface area contributed by atoms with Crippen LogP contribution in [0.15, 0.2) is 66.7 Å². The molecular formula is C20H14FNO2. The van der Waals surface area contributed by atoms with E-state index < -0.39 is 5.97 Å². The monoisotopic (exact) mass is 319 g/mol. The Balaban J connectivity index is 1.92. The molecule has 1 heterocycles. The molecule has 0 atom stereocenters. The Hall–Kier alpha value is -3.14. The first-order chi connectivity index (χ1) is 11.6. The Kier molecular flexibility index (Phi) is 3.31. The molecule has 0 aliphatic rings. The fraction of sp³-hybridized carbons (Fsp3) is 0.0500. The number of aromatic nitrogens is 1. The minimum atomic E-state index is -1.02. The standard InChI is InChI=1S/C20H14FNO2/c21-16-8-9-18-15(10-16)11-19(20(23)24)22(18)12-14-6-3-5-13-4-1-2-7-17(13)14/h1-11H,12H2,(H,23,24). The van der Waals surface area contributed by atoms with Crippen molar-refractivity contribution in [2.45, 2.75) is 6.54 Å². The van der Waals surface area contributed by atoms with Gasteiger partial charge in [-0.25, -0.2) is 9.18 Å². The first-order valence-electron chi connectivity index (χ1n) is 7.62. The summed E-state index contributed by atoms with van der Waals surface area (Å²) in [4.78, 5) is 11.6. The van der Waals surface area contributed by atoms with E-state index in [0.29, 0.717) is 17.4 Å². The summed E-state index contributed by atoms with van der Waals surface area (Å²) in [5.74, 6) is -1.39. The van der Waals surface area contributed by atoms with Crippen molar-refractivity contribution in [2.75, 3.05) is 0 Å². The van der Waals surface area contributed by atoms with Crippen LogP contribution in [0.25, 0.3) is 21.7 Å². The Labute approximate surface area is 137 Å². The van der Waals surface area contributed by atoms with Gasteiger partial charge in [-0.05, 0) is 40.6 Å². The Bertz CT molecular complexity index is 1080. The molecule has 4 rings (SSSR count). The van der Waals surface area contributed by atoms with Gasteiger partial charge in [0.2, 0.25) is 0 Å². The molecular weight excluding hydrogens is 305 g/mol. The number of benzene rings is 3. The van der Waals surface area contributed by atoms with Gasteiger partial charge >= 0.3 is 5.97 Å². The first-order valence-corrected chi connectivity index (χ1v) is 7.62. The van der Waals surface area contributed by atoms with Crippen LogP contribution in [0, 0.1) is 5.82 Å². The molecule has 0 saturated carbocycles. The number of carboxylic acid groups (broad SMARTS) is 1. The van der Waals surface area contributed by atoms with E-state index in [9.17, 15) is 14.3 Å². The lowest BCUT2D eigenvalue weighted by molar-refractivity contribution is 0.0686. The number of carbonyl (C=O) groups is 1. The van der Waals surface area contributed by atoms with Crippen molar-refractivity contribution in [3.8, 4) is 0 Å². The summed E-state index contributed by atoms with van der Waals surface area (Å²) in [6, 6.07) is 19.8. The van der Waals surface area contributed by atoms with Crippen molar-refractivity contribution >= 4 is 27.6 Å². The van der Waals surface area contributed by atoms with Gasteiger partial charge in [0.15, 0.2) is 0 Å². The number of nitrogens with zero attached hydrogens (tertiary/aromatic N) is 1. The van der Waals surface area contributed by atoms with Crippen LogP contribution in [0.2, 0.25) is 0 Å². The lowest BCUT2D eigenvalue weighted by Crippen LogP contribution is -2.09. The highest BCUT2D eigenvalue weighted by Gasteiger charge is 2.16. The van der Waals surface area contributed by atoms with Crippen molar-refractivity contribution < 1.29 is 14.3 Å². The zero-order valence-electron chi connectivity index (χ0n) is 12.7. The molecule has 0 saturated heterocycles. The number of aromatic carboxylic acids is 1. The largest absolute Gasteiger partial charge is 0.477 e. The minimum absolute atomic E-state index is 0.156. The lowest BCUT2D eigenvalue weighted by Gasteiger charge is -2.11. The highest BCUT2D eigenvalue weighted by atomic mass is 19.1. The summed E-state index contributed by atoms with van der Waals surface area (Å²) >= 11 is 0. The molecule has 0 bridgehead atoms. The molecule has 3 nitrogen and oxygen atoms in total. The molecule has 24 heavy (non-hydrogen) atoms. The third-order valence-corrected chi connectivity index (χ3v) is 4.29. The predicted octanol–water partition coefficient (Wildman–Crippen LogP) is 4.68. The Morgan fingerprint density at radius 1 is 0.958 bits per heavy atom. The van der Waals surface area contributed by atoms with Gasteiger partial charge < -0.3 is 9.67 Å². The number of hydrogen-bond donors (Lipinski definition) is 1. The zero-order chi connectivity index (χ0) is 16.7. The van der Waals surface area contributed by atoms with E-state index in [1.807, 2.05) is 42.5 Å². The van der Waals surface area contributed by atoms with E-state index in [1.54, 1.807) is 10.6 Å². The number of fused-ring (bicyclic) bond motifs is 2. The van der Waals surface area contributed by atoms with Gasteiger partial charge in [0.1, 0.15) is 11.5 Å². The second-order valence-electron chi connectivity index (χ2n) is 5.76. The summed E-state index contributed by atoms with van der Waals surface area (Å²) in [5.41, 5.74) is 1.89. The fourth-order valence-electron chi connectivity index (χ4n) is 3.19. The van der Waals surface area contributed by atoms with E-state index in [-0.39, 0.29) is 11.5 Å². The van der Waals surface area contributed by atoms with Crippen LogP contribution < -0.4 is 0 Å². The van der Waals surface area contributed by atoms with Gasteiger partial charge in [0.05, 0.1) is 0 Å². The van der Waals surface area contributed by atoms with Gasteiger partial charge in [0, 0.05) is 17.4 Å². The van der Waals surface area contributed by atoms with Gasteiger partial charge in [-0.1, -0.05) is 42.5 Å². The quantitative estimate of drug-likeness (QED) is 0.596. The van der Waals surface area contributed by atoms with Crippen LogP contribution in [0.3, 0.4) is 0 Å². The summed E-state index contributed by atoms with van der Waals surface area (Å²) in [5, 5.41) is 12.3. The SMILES string of the molecule is O=C(O)c1cc2cc(F)ccc2n1Cc1cccc2ccccc12. The van der Waals surface area contributed by atoms with Crippen LogP contribution in [0.4, 0.5) is 4.39 Å². The number of halogens is 1. The molecule has 0 spiro atoms. The smallest absolute Gasteiger partial charge is 0.352 e. The van der Waals surface area contributed by atoms with Crippen molar-refractivity contribution in [3.05, 3.63) is 83.8 Å². The average Bonchev–Trinajstić information content (AvgIpc) is 2.93. The first kappa shape index (κ1) is 14.5. The maximum Gasteiger partial charge on any atom is 0.352 e. The molecule has 1 aromatic heterocycles. The number of carboxylic acids is 1. The normalized spacial score (nSPS) is 11.2. The van der Waals surface area contributed by atoms with Gasteiger partial charge in [-0.15, -0.1) is 0 Å². The van der Waals surface area contributed by atoms with Crippen LogP contribution in [-0.2, 0) is 6.54 Å². The van der Waals surface area contributed by atoms with Crippen molar-refractivity contribution in [3.63, 3.8) is 0 Å². The second-order valence-corrected chi connectivity index (χ2v) is 5.76. The summed E-state index contributed by atoms with van der Waals surface area (Å²) in [6.07, 6.45) is 0. The third-order valence-electron chi connectivity index (χ3n) is 4.29. The van der Waals surface area contributed by atoms with Crippen molar-refractivity contribution in [1.82, 2.24) is 4.57 Å². The number of hydrogen-bond acceptors (Lipinski definition) is 1. The minimum Gasteiger partial charge on any atom is -0.477 e. The van der Waals surface area contributed by atoms with E-state index in [1.165, 1.54) is 18.2 Å². The number of rotatable bonds is 3. The summed E-state index contributed by atoms with van der Waals surface area (Å²) < 4.78 is 15.2. The topological polar surface area (TPSA) is 42.2 Å².